The van der Waals surface area contributed by atoms with Crippen LogP contribution in [0.3, 0.4) is 0 Å². The fourth-order valence-corrected chi connectivity index (χ4v) is 3.97. The molecule has 0 saturated carbocycles. The molecule has 2 aromatic carbocycles. The van der Waals surface area contributed by atoms with Crippen LogP contribution in [0.5, 0.6) is 0 Å². The number of likely N-dealkylation sites (N-methyl/N-ethyl adjacent to an activating group) is 1. The summed E-state index contributed by atoms with van der Waals surface area (Å²) < 4.78 is 16.3. The van der Waals surface area contributed by atoms with Gasteiger partial charge in [0.25, 0.3) is 0 Å². The van der Waals surface area contributed by atoms with Crippen LogP contribution in [-0.2, 0) is 6.54 Å². The van der Waals surface area contributed by atoms with Gasteiger partial charge < -0.3 is 9.47 Å². The molecule has 0 bridgehead atoms. The topological polar surface area (TPSA) is 25.2 Å². The van der Waals surface area contributed by atoms with Crippen LogP contribution in [0.25, 0.3) is 10.9 Å². The van der Waals surface area contributed by atoms with Crippen molar-refractivity contribution < 1.29 is 9.18 Å². The molecule has 1 saturated heterocycles. The minimum absolute atomic E-state index is 0.130. The fraction of sp³-hybridized carbons (Fsp3) is 0.318. The molecule has 26 heavy (non-hydrogen) atoms. The summed E-state index contributed by atoms with van der Waals surface area (Å²) in [5, 5.41) is 0.888. The van der Waals surface area contributed by atoms with E-state index in [0.717, 1.165) is 24.0 Å². The molecule has 1 fully saturated rings. The molecular weight excluding hydrogens is 327 g/mol. The number of fused-ring (bicyclic) bond motifs is 1. The van der Waals surface area contributed by atoms with Gasteiger partial charge in [0.2, 0.25) is 0 Å². The van der Waals surface area contributed by atoms with Crippen LogP contribution >= 0.6 is 0 Å². The Labute approximate surface area is 153 Å². The van der Waals surface area contributed by atoms with Gasteiger partial charge in [0.15, 0.2) is 5.78 Å². The smallest absolute Gasteiger partial charge is 0.198 e. The van der Waals surface area contributed by atoms with E-state index >= 15 is 0 Å². The van der Waals surface area contributed by atoms with Crippen molar-refractivity contribution in [2.75, 3.05) is 13.6 Å². The van der Waals surface area contributed by atoms with E-state index in [1.807, 2.05) is 30.5 Å². The van der Waals surface area contributed by atoms with Crippen LogP contribution in [0.15, 0.2) is 54.7 Å². The Bertz CT molecular complexity index is 946. The summed E-state index contributed by atoms with van der Waals surface area (Å²) in [6.07, 6.45) is 5.56. The van der Waals surface area contributed by atoms with Crippen molar-refractivity contribution in [2.24, 2.45) is 0 Å². The maximum atomic E-state index is 14.1. The van der Waals surface area contributed by atoms with Crippen LogP contribution < -0.4 is 0 Å². The highest BCUT2D eigenvalue weighted by molar-refractivity contribution is 6.16. The zero-order valence-electron chi connectivity index (χ0n) is 15.0. The lowest BCUT2D eigenvalue weighted by Gasteiger charge is -2.32. The molecule has 1 aromatic heterocycles. The van der Waals surface area contributed by atoms with E-state index in [2.05, 4.69) is 16.5 Å². The van der Waals surface area contributed by atoms with Gasteiger partial charge in [0.1, 0.15) is 5.82 Å². The molecule has 3 aromatic rings. The highest BCUT2D eigenvalue weighted by atomic mass is 19.1. The minimum Gasteiger partial charge on any atom is -0.345 e. The summed E-state index contributed by atoms with van der Waals surface area (Å²) >= 11 is 0. The predicted molar refractivity (Wildman–Crippen MR) is 102 cm³/mol. The molecule has 1 aliphatic heterocycles. The first-order valence-corrected chi connectivity index (χ1v) is 9.22. The lowest BCUT2D eigenvalue weighted by Crippen LogP contribution is -2.39. The number of para-hydroxylation sites is 1. The third kappa shape index (κ3) is 3.06. The zero-order chi connectivity index (χ0) is 18.1. The lowest BCUT2D eigenvalue weighted by atomic mass is 10.0. The number of piperidine rings is 1. The molecular formula is C22H23FN2O. The second-order valence-corrected chi connectivity index (χ2v) is 7.15. The SMILES string of the molecule is CN1CCCCC1Cn1cc(C(=O)c2ccccc2F)c2ccccc21. The number of nitrogens with zero attached hydrogens (tertiary/aromatic N) is 2. The Morgan fingerprint density at radius 1 is 1.08 bits per heavy atom. The van der Waals surface area contributed by atoms with Gasteiger partial charge >= 0.3 is 0 Å². The minimum atomic E-state index is -0.471. The van der Waals surface area contributed by atoms with Gasteiger partial charge in [0.05, 0.1) is 5.56 Å². The van der Waals surface area contributed by atoms with Crippen molar-refractivity contribution >= 4 is 16.7 Å². The first-order chi connectivity index (χ1) is 12.6. The maximum absolute atomic E-state index is 14.1. The van der Waals surface area contributed by atoms with E-state index in [4.69, 9.17) is 0 Å². The standard InChI is InChI=1S/C22H23FN2O/c1-24-13-7-6-8-16(24)14-25-15-19(17-9-3-5-12-21(17)25)22(26)18-10-2-4-11-20(18)23/h2-5,9-12,15-16H,6-8,13-14H2,1H3. The summed E-state index contributed by atoms with van der Waals surface area (Å²) in [5.74, 6) is -0.726. The van der Waals surface area contributed by atoms with Crippen molar-refractivity contribution in [1.29, 1.82) is 0 Å². The monoisotopic (exact) mass is 350 g/mol. The van der Waals surface area contributed by atoms with Gasteiger partial charge in [-0.2, -0.15) is 0 Å². The van der Waals surface area contributed by atoms with E-state index in [0.29, 0.717) is 11.6 Å². The van der Waals surface area contributed by atoms with Crippen LogP contribution in [0.4, 0.5) is 4.39 Å². The summed E-state index contributed by atoms with van der Waals surface area (Å²) in [4.78, 5) is 15.4. The van der Waals surface area contributed by atoms with E-state index < -0.39 is 5.82 Å². The predicted octanol–water partition coefficient (Wildman–Crippen LogP) is 4.50. The molecule has 3 nitrogen and oxygen atoms in total. The largest absolute Gasteiger partial charge is 0.345 e. The van der Waals surface area contributed by atoms with E-state index in [9.17, 15) is 9.18 Å². The second kappa shape index (κ2) is 7.04. The van der Waals surface area contributed by atoms with Crippen LogP contribution in [0.2, 0.25) is 0 Å². The molecule has 4 rings (SSSR count). The third-order valence-electron chi connectivity index (χ3n) is 5.48. The fourth-order valence-electron chi connectivity index (χ4n) is 3.97. The molecule has 0 amide bonds. The Kier molecular flexibility index (Phi) is 4.60. The number of likely N-dealkylation sites (tertiary alicyclic amines) is 1. The molecule has 0 spiro atoms. The van der Waals surface area contributed by atoms with Crippen molar-refractivity contribution in [3.05, 3.63) is 71.7 Å². The average Bonchev–Trinajstić information content (AvgIpc) is 3.02. The van der Waals surface area contributed by atoms with Gasteiger partial charge in [-0.1, -0.05) is 36.8 Å². The number of hydrogen-bond acceptors (Lipinski definition) is 2. The number of hydrogen-bond donors (Lipinski definition) is 0. The summed E-state index contributed by atoms with van der Waals surface area (Å²) in [5.41, 5.74) is 1.74. The molecule has 134 valence electrons. The van der Waals surface area contributed by atoms with Gasteiger partial charge in [0, 0.05) is 35.2 Å². The van der Waals surface area contributed by atoms with Gasteiger partial charge in [-0.3, -0.25) is 4.79 Å². The van der Waals surface area contributed by atoms with Crippen LogP contribution in [-0.4, -0.2) is 34.9 Å². The summed E-state index contributed by atoms with van der Waals surface area (Å²) in [7, 11) is 2.17. The Hall–Kier alpha value is -2.46. The molecule has 4 heteroatoms. The molecule has 0 aliphatic carbocycles. The number of ketones is 1. The van der Waals surface area contributed by atoms with Crippen molar-refractivity contribution in [3.63, 3.8) is 0 Å². The van der Waals surface area contributed by atoms with E-state index in [1.165, 1.54) is 25.3 Å². The highest BCUT2D eigenvalue weighted by Gasteiger charge is 2.23. The molecule has 1 atom stereocenters. The second-order valence-electron chi connectivity index (χ2n) is 7.15. The quantitative estimate of drug-likeness (QED) is 0.648. The number of carbonyl (C=O) groups excluding carboxylic acids is 1. The van der Waals surface area contributed by atoms with Gasteiger partial charge in [-0.15, -0.1) is 0 Å². The van der Waals surface area contributed by atoms with Gasteiger partial charge in [-0.05, 0) is 44.6 Å². The number of benzene rings is 2. The normalized spacial score (nSPS) is 18.3. The molecule has 0 N–H and O–H groups in total. The molecule has 1 unspecified atom stereocenters. The average molecular weight is 350 g/mol. The lowest BCUT2D eigenvalue weighted by molar-refractivity contribution is 0.103. The van der Waals surface area contributed by atoms with E-state index in [1.54, 1.807) is 18.2 Å². The van der Waals surface area contributed by atoms with Gasteiger partial charge in [-0.25, -0.2) is 4.39 Å². The maximum Gasteiger partial charge on any atom is 0.198 e. The Morgan fingerprint density at radius 2 is 1.85 bits per heavy atom. The Morgan fingerprint density at radius 3 is 2.65 bits per heavy atom. The Balaban J connectivity index is 1.74. The highest BCUT2D eigenvalue weighted by Crippen LogP contribution is 2.26. The summed E-state index contributed by atoms with van der Waals surface area (Å²) in [6, 6.07) is 14.6. The zero-order valence-corrected chi connectivity index (χ0v) is 15.0. The number of rotatable bonds is 4. The number of aromatic nitrogens is 1. The number of halogens is 1. The summed E-state index contributed by atoms with van der Waals surface area (Å²) in [6.45, 7) is 1.96. The van der Waals surface area contributed by atoms with Crippen LogP contribution in [0, 0.1) is 5.82 Å². The van der Waals surface area contributed by atoms with Crippen molar-refractivity contribution in [3.8, 4) is 0 Å². The van der Waals surface area contributed by atoms with Crippen molar-refractivity contribution in [1.82, 2.24) is 9.47 Å². The third-order valence-corrected chi connectivity index (χ3v) is 5.48. The number of carbonyl (C=O) groups is 1. The molecule has 2 heterocycles. The molecule has 0 radical (unpaired) electrons. The first kappa shape index (κ1) is 17.0. The first-order valence-electron chi connectivity index (χ1n) is 9.22. The van der Waals surface area contributed by atoms with E-state index in [-0.39, 0.29) is 11.3 Å². The van der Waals surface area contributed by atoms with Crippen LogP contribution in [0.1, 0.15) is 35.2 Å². The van der Waals surface area contributed by atoms with Crippen molar-refractivity contribution in [2.45, 2.75) is 31.8 Å². The molecule has 1 aliphatic rings.